The summed E-state index contributed by atoms with van der Waals surface area (Å²) in [6.07, 6.45) is -0.0179. The number of rotatable bonds is 5. The van der Waals surface area contributed by atoms with E-state index in [-0.39, 0.29) is 18.4 Å². The van der Waals surface area contributed by atoms with E-state index in [0.29, 0.717) is 17.9 Å². The molecule has 3 rings (SSSR count). The van der Waals surface area contributed by atoms with Gasteiger partial charge in [0, 0.05) is 35.1 Å². The molecule has 2 aromatic rings. The number of aromatic nitrogens is 1. The van der Waals surface area contributed by atoms with Gasteiger partial charge in [-0.15, -0.1) is 0 Å². The van der Waals surface area contributed by atoms with E-state index in [1.54, 1.807) is 23.8 Å². The summed E-state index contributed by atoms with van der Waals surface area (Å²) < 4.78 is 7.25. The lowest BCUT2D eigenvalue weighted by molar-refractivity contribution is -0.138. The minimum absolute atomic E-state index is 0.0179. The molecule has 1 aliphatic rings. The van der Waals surface area contributed by atoms with Crippen LogP contribution in [0.4, 0.5) is 0 Å². The van der Waals surface area contributed by atoms with Crippen molar-refractivity contribution in [2.45, 2.75) is 26.3 Å². The van der Waals surface area contributed by atoms with Crippen LogP contribution in [0, 0.1) is 13.8 Å². The molecular weight excluding hydrogens is 364 g/mol. The molecule has 1 atom stereocenters. The molecule has 0 spiro atoms. The molecule has 27 heavy (non-hydrogen) atoms. The largest absolute Gasteiger partial charge is 0.497 e. The maximum absolute atomic E-state index is 13.2. The van der Waals surface area contributed by atoms with Crippen LogP contribution in [0.25, 0.3) is 5.69 Å². The molecule has 1 N–H and O–H groups in total. The molecule has 7 heteroatoms. The van der Waals surface area contributed by atoms with E-state index in [1.807, 2.05) is 48.7 Å². The van der Waals surface area contributed by atoms with E-state index < -0.39 is 5.97 Å². The number of ether oxygens (including phenoxy) is 1. The van der Waals surface area contributed by atoms with Gasteiger partial charge in [0.25, 0.3) is 5.91 Å². The van der Waals surface area contributed by atoms with Crippen LogP contribution >= 0.6 is 11.8 Å². The van der Waals surface area contributed by atoms with Gasteiger partial charge in [-0.05, 0) is 44.2 Å². The quantitative estimate of drug-likeness (QED) is 0.852. The highest BCUT2D eigenvalue weighted by atomic mass is 32.2. The number of benzene rings is 1. The molecule has 144 valence electrons. The molecule has 0 aliphatic carbocycles. The summed E-state index contributed by atoms with van der Waals surface area (Å²) in [5, 5.41) is 9.17. The molecule has 1 aromatic carbocycles. The Bertz CT molecular complexity index is 844. The van der Waals surface area contributed by atoms with Crippen LogP contribution in [0.1, 0.15) is 28.2 Å². The molecule has 1 saturated heterocycles. The van der Waals surface area contributed by atoms with Crippen LogP contribution in [0.2, 0.25) is 0 Å². The molecule has 1 aliphatic heterocycles. The van der Waals surface area contributed by atoms with Crippen molar-refractivity contribution in [1.29, 1.82) is 0 Å². The summed E-state index contributed by atoms with van der Waals surface area (Å²) >= 11 is 1.70. The predicted molar refractivity (Wildman–Crippen MR) is 106 cm³/mol. The second-order valence-electron chi connectivity index (χ2n) is 6.64. The number of nitrogens with zero attached hydrogens (tertiary/aromatic N) is 2. The molecule has 1 aromatic heterocycles. The van der Waals surface area contributed by atoms with Crippen molar-refractivity contribution in [3.8, 4) is 11.4 Å². The second kappa shape index (κ2) is 8.08. The van der Waals surface area contributed by atoms with E-state index >= 15 is 0 Å². The molecule has 0 saturated carbocycles. The van der Waals surface area contributed by atoms with Gasteiger partial charge >= 0.3 is 5.97 Å². The third-order valence-electron chi connectivity index (χ3n) is 4.89. The van der Waals surface area contributed by atoms with Crippen molar-refractivity contribution in [3.63, 3.8) is 0 Å². The fraction of sp³-hybridized carbons (Fsp3) is 0.400. The van der Waals surface area contributed by atoms with Crippen molar-refractivity contribution < 1.29 is 19.4 Å². The maximum Gasteiger partial charge on any atom is 0.305 e. The van der Waals surface area contributed by atoms with Gasteiger partial charge in [0.1, 0.15) is 5.75 Å². The molecule has 1 amide bonds. The van der Waals surface area contributed by atoms with Crippen LogP contribution in [0.15, 0.2) is 30.3 Å². The Morgan fingerprint density at radius 3 is 2.59 bits per heavy atom. The van der Waals surface area contributed by atoms with Gasteiger partial charge in [-0.1, -0.05) is 0 Å². The Balaban J connectivity index is 1.92. The first-order valence-electron chi connectivity index (χ1n) is 8.86. The zero-order chi connectivity index (χ0) is 19.6. The smallest absolute Gasteiger partial charge is 0.305 e. The number of aryl methyl sites for hydroxylation is 1. The first-order valence-corrected chi connectivity index (χ1v) is 10.0. The Labute approximate surface area is 163 Å². The number of carboxylic acid groups (broad SMARTS) is 1. The van der Waals surface area contributed by atoms with Gasteiger partial charge in [-0.3, -0.25) is 9.59 Å². The standard InChI is InChI=1S/C20H24N2O4S/c1-13-10-18(14(2)22(13)15-4-6-17(26-3)7-5-15)20(25)21-8-9-27-12-16(21)11-19(23)24/h4-7,10,16H,8-9,11-12H2,1-3H3,(H,23,24). The van der Waals surface area contributed by atoms with E-state index in [0.717, 1.165) is 28.6 Å². The van der Waals surface area contributed by atoms with E-state index in [4.69, 9.17) is 9.84 Å². The Morgan fingerprint density at radius 2 is 1.96 bits per heavy atom. The fourth-order valence-electron chi connectivity index (χ4n) is 3.56. The zero-order valence-electron chi connectivity index (χ0n) is 15.8. The highest BCUT2D eigenvalue weighted by molar-refractivity contribution is 7.99. The van der Waals surface area contributed by atoms with Crippen molar-refractivity contribution in [2.24, 2.45) is 0 Å². The van der Waals surface area contributed by atoms with Gasteiger partial charge in [0.15, 0.2) is 0 Å². The number of amides is 1. The minimum Gasteiger partial charge on any atom is -0.497 e. The number of carbonyl (C=O) groups excluding carboxylic acids is 1. The number of thioether (sulfide) groups is 1. The van der Waals surface area contributed by atoms with E-state index in [2.05, 4.69) is 0 Å². The SMILES string of the molecule is COc1ccc(-n2c(C)cc(C(=O)N3CCSCC3CC(=O)O)c2C)cc1. The number of hydrogen-bond donors (Lipinski definition) is 1. The lowest BCUT2D eigenvalue weighted by Gasteiger charge is -2.34. The normalized spacial score (nSPS) is 17.0. The number of carboxylic acids is 1. The third kappa shape index (κ3) is 3.98. The maximum atomic E-state index is 13.2. The molecular formula is C20H24N2O4S. The van der Waals surface area contributed by atoms with Crippen LogP contribution < -0.4 is 4.74 Å². The zero-order valence-corrected chi connectivity index (χ0v) is 16.6. The summed E-state index contributed by atoms with van der Waals surface area (Å²) in [6.45, 7) is 4.47. The van der Waals surface area contributed by atoms with Crippen molar-refractivity contribution in [2.75, 3.05) is 25.2 Å². The lowest BCUT2D eigenvalue weighted by atomic mass is 10.1. The van der Waals surface area contributed by atoms with Gasteiger partial charge in [-0.2, -0.15) is 11.8 Å². The monoisotopic (exact) mass is 388 g/mol. The molecule has 0 radical (unpaired) electrons. The van der Waals surface area contributed by atoms with E-state index in [9.17, 15) is 9.59 Å². The van der Waals surface area contributed by atoms with E-state index in [1.165, 1.54) is 0 Å². The van der Waals surface area contributed by atoms with Crippen LogP contribution in [0.3, 0.4) is 0 Å². The van der Waals surface area contributed by atoms with Gasteiger partial charge in [0.2, 0.25) is 0 Å². The first-order chi connectivity index (χ1) is 12.9. The summed E-state index contributed by atoms with van der Waals surface area (Å²) in [5.74, 6) is 1.31. The third-order valence-corrected chi connectivity index (χ3v) is 5.98. The predicted octanol–water partition coefficient (Wildman–Crippen LogP) is 3.14. The Kier molecular flexibility index (Phi) is 5.79. The van der Waals surface area contributed by atoms with Crippen molar-refractivity contribution >= 4 is 23.6 Å². The first kappa shape index (κ1) is 19.4. The second-order valence-corrected chi connectivity index (χ2v) is 7.79. The summed E-state index contributed by atoms with van der Waals surface area (Å²) in [7, 11) is 1.63. The molecule has 0 bridgehead atoms. The number of hydrogen-bond acceptors (Lipinski definition) is 4. The Hall–Kier alpha value is -2.41. The molecule has 1 fully saturated rings. The molecule has 2 heterocycles. The summed E-state index contributed by atoms with van der Waals surface area (Å²) in [5.41, 5.74) is 3.41. The number of aliphatic carboxylic acids is 1. The summed E-state index contributed by atoms with van der Waals surface area (Å²) in [4.78, 5) is 26.1. The van der Waals surface area contributed by atoms with Gasteiger partial charge in [-0.25, -0.2) is 0 Å². The average molecular weight is 388 g/mol. The van der Waals surface area contributed by atoms with Crippen LogP contribution in [-0.2, 0) is 4.79 Å². The van der Waals surface area contributed by atoms with Crippen LogP contribution in [0.5, 0.6) is 5.75 Å². The molecule has 6 nitrogen and oxygen atoms in total. The fourth-order valence-corrected chi connectivity index (χ4v) is 4.62. The topological polar surface area (TPSA) is 71.8 Å². The van der Waals surface area contributed by atoms with Gasteiger partial charge < -0.3 is 19.3 Å². The number of carbonyl (C=O) groups is 2. The lowest BCUT2D eigenvalue weighted by Crippen LogP contribution is -2.47. The molecule has 1 unspecified atom stereocenters. The highest BCUT2D eigenvalue weighted by Gasteiger charge is 2.31. The van der Waals surface area contributed by atoms with Crippen molar-refractivity contribution in [1.82, 2.24) is 9.47 Å². The minimum atomic E-state index is -0.871. The summed E-state index contributed by atoms with van der Waals surface area (Å²) in [6, 6.07) is 9.32. The number of methoxy groups -OCH3 is 1. The van der Waals surface area contributed by atoms with Gasteiger partial charge in [0.05, 0.1) is 25.1 Å². The van der Waals surface area contributed by atoms with Crippen LogP contribution in [-0.4, -0.2) is 57.7 Å². The Morgan fingerprint density at radius 1 is 1.26 bits per heavy atom. The average Bonchev–Trinajstić information content (AvgIpc) is 2.95. The highest BCUT2D eigenvalue weighted by Crippen LogP contribution is 2.26. The van der Waals surface area contributed by atoms with Crippen molar-refractivity contribution in [3.05, 3.63) is 47.3 Å².